The summed E-state index contributed by atoms with van der Waals surface area (Å²) in [6.07, 6.45) is 7.61. The van der Waals surface area contributed by atoms with E-state index in [9.17, 15) is 4.57 Å². The minimum Gasteiger partial charge on any atom is -0.318 e. The second-order valence-corrected chi connectivity index (χ2v) is 6.93. The molecular weight excluding hydrogens is 219 g/mol. The zero-order valence-electron chi connectivity index (χ0n) is 9.30. The molecule has 0 aromatic carbocycles. The molecule has 0 saturated heterocycles. The smallest absolute Gasteiger partial charge is 0.290 e. The van der Waals surface area contributed by atoms with Gasteiger partial charge in [-0.25, -0.2) is 0 Å². The van der Waals surface area contributed by atoms with E-state index in [1.807, 2.05) is 6.92 Å². The average Bonchev–Trinajstić information content (AvgIpc) is 2.11. The molecule has 1 atom stereocenters. The second-order valence-electron chi connectivity index (χ2n) is 3.50. The highest BCUT2D eigenvalue weighted by Crippen LogP contribution is 2.52. The number of hydrogen-bond donors (Lipinski definition) is 0. The molecule has 0 aromatic heterocycles. The van der Waals surface area contributed by atoms with Gasteiger partial charge in [-0.15, -0.1) is 0 Å². The second kappa shape index (κ2) is 8.76. The summed E-state index contributed by atoms with van der Waals surface area (Å²) in [7, 11) is 0. The topological polar surface area (TPSA) is 26.3 Å². The summed E-state index contributed by atoms with van der Waals surface area (Å²) in [5, 5.41) is 0. The zero-order valence-corrected chi connectivity index (χ0v) is 10.9. The van der Waals surface area contributed by atoms with Gasteiger partial charge < -0.3 is 4.52 Å². The molecule has 0 aromatic rings. The number of hydrogen-bond acceptors (Lipinski definition) is 2. The Hall–Kier alpha value is 0.480. The molecule has 2 nitrogen and oxygen atoms in total. The van der Waals surface area contributed by atoms with Gasteiger partial charge >= 0.3 is 0 Å². The number of halogens is 1. The fourth-order valence-corrected chi connectivity index (χ4v) is 3.11. The Labute approximate surface area is 92.6 Å². The van der Waals surface area contributed by atoms with Crippen LogP contribution < -0.4 is 0 Å². The monoisotopic (exact) mass is 240 g/mol. The van der Waals surface area contributed by atoms with E-state index in [1.165, 1.54) is 25.7 Å². The van der Waals surface area contributed by atoms with Crippen LogP contribution in [-0.4, -0.2) is 12.8 Å². The Morgan fingerprint density at radius 2 is 1.64 bits per heavy atom. The molecule has 0 aliphatic heterocycles. The van der Waals surface area contributed by atoms with Gasteiger partial charge in [0.1, 0.15) is 0 Å². The standard InChI is InChI=1S/C10H22ClO2P/c1-3-5-6-7-8-9-10-14(11,12)13-4-2/h3-10H2,1-2H3. The molecule has 0 rings (SSSR count). The highest BCUT2D eigenvalue weighted by Gasteiger charge is 2.17. The summed E-state index contributed by atoms with van der Waals surface area (Å²) in [5.74, 6) is 0. The van der Waals surface area contributed by atoms with Crippen molar-refractivity contribution in [2.24, 2.45) is 0 Å². The Morgan fingerprint density at radius 3 is 2.21 bits per heavy atom. The van der Waals surface area contributed by atoms with E-state index in [2.05, 4.69) is 6.92 Å². The first-order chi connectivity index (χ1) is 6.62. The van der Waals surface area contributed by atoms with Crippen LogP contribution in [-0.2, 0) is 9.09 Å². The van der Waals surface area contributed by atoms with Gasteiger partial charge in [-0.1, -0.05) is 39.0 Å². The van der Waals surface area contributed by atoms with Crippen molar-refractivity contribution in [1.29, 1.82) is 0 Å². The van der Waals surface area contributed by atoms with E-state index >= 15 is 0 Å². The molecule has 0 radical (unpaired) electrons. The van der Waals surface area contributed by atoms with Crippen molar-refractivity contribution in [3.8, 4) is 0 Å². The molecule has 0 saturated carbocycles. The van der Waals surface area contributed by atoms with Crippen LogP contribution >= 0.6 is 18.0 Å². The van der Waals surface area contributed by atoms with Crippen molar-refractivity contribution in [3.05, 3.63) is 0 Å². The summed E-state index contributed by atoms with van der Waals surface area (Å²) < 4.78 is 16.4. The van der Waals surface area contributed by atoms with E-state index in [-0.39, 0.29) is 0 Å². The summed E-state index contributed by atoms with van der Waals surface area (Å²) in [6, 6.07) is 0. The lowest BCUT2D eigenvalue weighted by atomic mass is 10.1. The van der Waals surface area contributed by atoms with Crippen LogP contribution in [0.25, 0.3) is 0 Å². The van der Waals surface area contributed by atoms with Crippen molar-refractivity contribution in [2.45, 2.75) is 52.4 Å². The van der Waals surface area contributed by atoms with Crippen molar-refractivity contribution in [2.75, 3.05) is 12.8 Å². The van der Waals surface area contributed by atoms with Gasteiger partial charge in [0.25, 0.3) is 6.72 Å². The molecule has 0 heterocycles. The maximum absolute atomic E-state index is 11.4. The third-order valence-electron chi connectivity index (χ3n) is 2.10. The van der Waals surface area contributed by atoms with Crippen LogP contribution in [0.5, 0.6) is 0 Å². The normalized spacial score (nSPS) is 15.4. The number of rotatable bonds is 9. The van der Waals surface area contributed by atoms with Gasteiger partial charge in [0.05, 0.1) is 6.61 Å². The Kier molecular flexibility index (Phi) is 9.06. The predicted molar refractivity (Wildman–Crippen MR) is 63.3 cm³/mol. The van der Waals surface area contributed by atoms with Crippen LogP contribution in [0.15, 0.2) is 0 Å². The maximum Gasteiger partial charge on any atom is 0.290 e. The van der Waals surface area contributed by atoms with E-state index in [0.717, 1.165) is 12.8 Å². The van der Waals surface area contributed by atoms with Gasteiger partial charge in [-0.05, 0) is 24.6 Å². The Morgan fingerprint density at radius 1 is 1.07 bits per heavy atom. The van der Waals surface area contributed by atoms with Gasteiger partial charge in [-0.3, -0.25) is 4.57 Å². The lowest BCUT2D eigenvalue weighted by Gasteiger charge is -2.09. The molecule has 0 aliphatic carbocycles. The Bertz CT molecular complexity index is 174. The SMILES string of the molecule is CCCCCCCCP(=O)(Cl)OCC. The average molecular weight is 241 g/mol. The van der Waals surface area contributed by atoms with E-state index in [1.54, 1.807) is 0 Å². The van der Waals surface area contributed by atoms with Gasteiger partial charge in [-0.2, -0.15) is 0 Å². The molecular formula is C10H22ClO2P. The first-order valence-corrected chi connectivity index (χ1v) is 8.27. The van der Waals surface area contributed by atoms with E-state index in [0.29, 0.717) is 12.8 Å². The molecule has 0 N–H and O–H groups in total. The molecule has 0 bridgehead atoms. The van der Waals surface area contributed by atoms with Gasteiger partial charge in [0.15, 0.2) is 0 Å². The maximum atomic E-state index is 11.4. The van der Waals surface area contributed by atoms with Crippen LogP contribution in [0.3, 0.4) is 0 Å². The van der Waals surface area contributed by atoms with E-state index < -0.39 is 6.72 Å². The third kappa shape index (κ3) is 9.05. The lowest BCUT2D eigenvalue weighted by molar-refractivity contribution is 0.344. The van der Waals surface area contributed by atoms with Crippen LogP contribution in [0.4, 0.5) is 0 Å². The highest BCUT2D eigenvalue weighted by molar-refractivity contribution is 7.85. The zero-order chi connectivity index (χ0) is 10.9. The molecule has 0 aliphatic rings. The lowest BCUT2D eigenvalue weighted by Crippen LogP contribution is -1.90. The van der Waals surface area contributed by atoms with Crippen molar-refractivity contribution < 1.29 is 9.09 Å². The fourth-order valence-electron chi connectivity index (χ4n) is 1.34. The van der Waals surface area contributed by atoms with Crippen molar-refractivity contribution in [3.63, 3.8) is 0 Å². The van der Waals surface area contributed by atoms with Crippen LogP contribution in [0.1, 0.15) is 52.4 Å². The minimum atomic E-state index is -2.78. The molecule has 1 unspecified atom stereocenters. The quantitative estimate of drug-likeness (QED) is 0.427. The molecule has 0 fully saturated rings. The molecule has 14 heavy (non-hydrogen) atoms. The minimum absolute atomic E-state index is 0.441. The van der Waals surface area contributed by atoms with Crippen LogP contribution in [0.2, 0.25) is 0 Å². The summed E-state index contributed by atoms with van der Waals surface area (Å²) >= 11 is 5.71. The van der Waals surface area contributed by atoms with Crippen LogP contribution in [0, 0.1) is 0 Å². The first kappa shape index (κ1) is 14.5. The fraction of sp³-hybridized carbons (Fsp3) is 1.00. The molecule has 4 heteroatoms. The summed E-state index contributed by atoms with van der Waals surface area (Å²) in [5.41, 5.74) is 0. The van der Waals surface area contributed by atoms with Gasteiger partial charge in [0, 0.05) is 6.16 Å². The predicted octanol–water partition coefficient (Wildman–Crippen LogP) is 4.82. The number of unbranched alkanes of at least 4 members (excludes halogenated alkanes) is 5. The molecule has 0 spiro atoms. The Balaban J connectivity index is 3.30. The summed E-state index contributed by atoms with van der Waals surface area (Å²) in [4.78, 5) is 0. The third-order valence-corrected chi connectivity index (χ3v) is 4.39. The first-order valence-electron chi connectivity index (χ1n) is 5.55. The largest absolute Gasteiger partial charge is 0.318 e. The van der Waals surface area contributed by atoms with Gasteiger partial charge in [0.2, 0.25) is 0 Å². The molecule has 0 amide bonds. The molecule has 86 valence electrons. The van der Waals surface area contributed by atoms with Crippen molar-refractivity contribution >= 4 is 18.0 Å². The van der Waals surface area contributed by atoms with Crippen molar-refractivity contribution in [1.82, 2.24) is 0 Å². The highest BCUT2D eigenvalue weighted by atomic mass is 35.7. The van der Waals surface area contributed by atoms with E-state index in [4.69, 9.17) is 15.8 Å². The summed E-state index contributed by atoms with van der Waals surface area (Å²) in [6.45, 7) is 1.68.